The van der Waals surface area contributed by atoms with Gasteiger partial charge >= 0.3 is 6.18 Å². The predicted molar refractivity (Wildman–Crippen MR) is 76.8 cm³/mol. The van der Waals surface area contributed by atoms with Crippen LogP contribution in [-0.4, -0.2) is 34.0 Å². The molecule has 0 spiro atoms. The lowest BCUT2D eigenvalue weighted by Gasteiger charge is -2.37. The number of hydrogen-bond donors (Lipinski definition) is 0. The van der Waals surface area contributed by atoms with E-state index < -0.39 is 11.7 Å². The highest BCUT2D eigenvalue weighted by Gasteiger charge is 2.41. The van der Waals surface area contributed by atoms with Gasteiger partial charge in [0.25, 0.3) is 0 Å². The molecule has 0 atom stereocenters. The smallest absolute Gasteiger partial charge is 0.341 e. The Morgan fingerprint density at radius 3 is 2.67 bits per heavy atom. The van der Waals surface area contributed by atoms with E-state index in [2.05, 4.69) is 10.1 Å². The lowest BCUT2D eigenvalue weighted by molar-refractivity contribution is -0.138. The molecule has 1 aromatic carbocycles. The summed E-state index contributed by atoms with van der Waals surface area (Å²) < 4.78 is 43.5. The quantitative estimate of drug-likeness (QED) is 0.864. The summed E-state index contributed by atoms with van der Waals surface area (Å²) in [5.74, 6) is 0.795. The number of alkyl halides is 3. The number of amides is 1. The number of hydrogen-bond acceptors (Lipinski definition) is 4. The van der Waals surface area contributed by atoms with E-state index in [0.717, 1.165) is 25.0 Å². The van der Waals surface area contributed by atoms with Crippen LogP contribution in [0.5, 0.6) is 0 Å². The lowest BCUT2D eigenvalue weighted by atomic mass is 9.99. The summed E-state index contributed by atoms with van der Waals surface area (Å²) in [7, 11) is 0. The van der Waals surface area contributed by atoms with Crippen molar-refractivity contribution in [3.05, 3.63) is 35.7 Å². The summed E-state index contributed by atoms with van der Waals surface area (Å²) in [6.07, 6.45) is -2.50. The van der Waals surface area contributed by atoms with E-state index in [1.54, 1.807) is 4.90 Å². The number of carbonyl (C=O) groups excluding carboxylic acids is 1. The molecule has 24 heavy (non-hydrogen) atoms. The molecule has 2 heterocycles. The van der Waals surface area contributed by atoms with Gasteiger partial charge < -0.3 is 9.42 Å². The van der Waals surface area contributed by atoms with Gasteiger partial charge in [-0.2, -0.15) is 18.2 Å². The Balaban J connectivity index is 1.47. The van der Waals surface area contributed by atoms with Crippen molar-refractivity contribution in [1.82, 2.24) is 15.0 Å². The zero-order chi connectivity index (χ0) is 16.9. The molecule has 5 nitrogen and oxygen atoms in total. The van der Waals surface area contributed by atoms with Gasteiger partial charge in [0.2, 0.25) is 17.6 Å². The van der Waals surface area contributed by atoms with Gasteiger partial charge in [0, 0.05) is 24.6 Å². The third kappa shape index (κ3) is 2.76. The third-order valence-electron chi connectivity index (χ3n) is 4.36. The third-order valence-corrected chi connectivity index (χ3v) is 4.36. The Morgan fingerprint density at radius 1 is 1.25 bits per heavy atom. The Labute approximate surface area is 135 Å². The average Bonchev–Trinajstić information content (AvgIpc) is 3.24. The van der Waals surface area contributed by atoms with Gasteiger partial charge in [0.15, 0.2) is 0 Å². The average molecular weight is 337 g/mol. The number of benzene rings is 1. The van der Waals surface area contributed by atoms with Gasteiger partial charge in [-0.25, -0.2) is 0 Å². The van der Waals surface area contributed by atoms with E-state index in [1.165, 1.54) is 12.1 Å². The molecule has 1 saturated carbocycles. The molecule has 0 bridgehead atoms. The maximum atomic E-state index is 12.8. The number of aromatic nitrogens is 2. The minimum Gasteiger partial charge on any atom is -0.341 e. The zero-order valence-corrected chi connectivity index (χ0v) is 12.6. The van der Waals surface area contributed by atoms with E-state index in [-0.39, 0.29) is 29.1 Å². The molecule has 2 aromatic rings. The summed E-state index contributed by atoms with van der Waals surface area (Å²) in [5, 5.41) is 3.77. The molecule has 1 saturated heterocycles. The van der Waals surface area contributed by atoms with Crippen LogP contribution in [0.1, 0.15) is 30.2 Å². The molecule has 0 N–H and O–H groups in total. The van der Waals surface area contributed by atoms with Crippen molar-refractivity contribution in [3.8, 4) is 11.4 Å². The van der Waals surface area contributed by atoms with E-state index in [9.17, 15) is 18.0 Å². The van der Waals surface area contributed by atoms with Crippen molar-refractivity contribution in [2.75, 3.05) is 13.1 Å². The van der Waals surface area contributed by atoms with Crippen LogP contribution in [-0.2, 0) is 11.0 Å². The van der Waals surface area contributed by atoms with E-state index in [0.29, 0.717) is 19.0 Å². The maximum Gasteiger partial charge on any atom is 0.416 e. The van der Waals surface area contributed by atoms with Crippen molar-refractivity contribution < 1.29 is 22.5 Å². The number of carbonyl (C=O) groups is 1. The van der Waals surface area contributed by atoms with Gasteiger partial charge in [0.1, 0.15) is 0 Å². The van der Waals surface area contributed by atoms with Crippen LogP contribution in [0.25, 0.3) is 11.4 Å². The Morgan fingerprint density at radius 2 is 2.00 bits per heavy atom. The summed E-state index contributed by atoms with van der Waals surface area (Å²) in [6, 6.07) is 4.82. The molecule has 1 aliphatic carbocycles. The van der Waals surface area contributed by atoms with Crippen LogP contribution < -0.4 is 0 Å². The van der Waals surface area contributed by atoms with Crippen molar-refractivity contribution in [2.24, 2.45) is 5.92 Å². The van der Waals surface area contributed by atoms with Gasteiger partial charge in [0.05, 0.1) is 11.5 Å². The zero-order valence-electron chi connectivity index (χ0n) is 12.6. The SMILES string of the molecule is O=C(C1CC1)N1CC(c2nc(-c3cccc(C(F)(F)F)c3)no2)C1. The Kier molecular flexibility index (Phi) is 3.36. The molecule has 1 aromatic heterocycles. The maximum absolute atomic E-state index is 12.8. The first-order chi connectivity index (χ1) is 11.4. The van der Waals surface area contributed by atoms with Gasteiger partial charge in [-0.15, -0.1) is 0 Å². The first-order valence-electron chi connectivity index (χ1n) is 7.72. The van der Waals surface area contributed by atoms with E-state index in [1.807, 2.05) is 0 Å². The van der Waals surface area contributed by atoms with Crippen LogP contribution in [0.3, 0.4) is 0 Å². The minimum absolute atomic E-state index is 0.0419. The first kappa shape index (κ1) is 15.2. The second-order valence-electron chi connectivity index (χ2n) is 6.25. The molecular weight excluding hydrogens is 323 g/mol. The van der Waals surface area contributed by atoms with Gasteiger partial charge in [-0.05, 0) is 25.0 Å². The van der Waals surface area contributed by atoms with Gasteiger partial charge in [-0.1, -0.05) is 17.3 Å². The van der Waals surface area contributed by atoms with E-state index in [4.69, 9.17) is 4.52 Å². The highest BCUT2D eigenvalue weighted by Crippen LogP contribution is 2.36. The first-order valence-corrected chi connectivity index (χ1v) is 7.72. The number of rotatable bonds is 3. The summed E-state index contributed by atoms with van der Waals surface area (Å²) in [4.78, 5) is 17.8. The standard InChI is InChI=1S/C16H14F3N3O2/c17-16(18,19)12-3-1-2-10(6-12)13-20-14(24-21-13)11-7-22(8-11)15(23)9-4-5-9/h1-3,6,9,11H,4-5,7-8H2. The number of nitrogens with zero attached hydrogens (tertiary/aromatic N) is 3. The van der Waals surface area contributed by atoms with Crippen LogP contribution >= 0.6 is 0 Å². The molecule has 2 aliphatic rings. The Hall–Kier alpha value is -2.38. The van der Waals surface area contributed by atoms with Crippen molar-refractivity contribution in [2.45, 2.75) is 24.9 Å². The summed E-state index contributed by atoms with van der Waals surface area (Å²) >= 11 is 0. The van der Waals surface area contributed by atoms with Crippen molar-refractivity contribution >= 4 is 5.91 Å². The Bertz CT molecular complexity index is 777. The molecular formula is C16H14F3N3O2. The normalized spacial score (nSPS) is 18.5. The number of halogens is 3. The molecule has 1 aliphatic heterocycles. The molecule has 4 rings (SSSR count). The van der Waals surface area contributed by atoms with Crippen LogP contribution in [0.4, 0.5) is 13.2 Å². The van der Waals surface area contributed by atoms with Crippen LogP contribution in [0, 0.1) is 5.92 Å². The highest BCUT2D eigenvalue weighted by atomic mass is 19.4. The predicted octanol–water partition coefficient (Wildman–Crippen LogP) is 3.09. The topological polar surface area (TPSA) is 59.2 Å². The second-order valence-corrected chi connectivity index (χ2v) is 6.25. The van der Waals surface area contributed by atoms with E-state index >= 15 is 0 Å². The molecule has 126 valence electrons. The van der Waals surface area contributed by atoms with Crippen molar-refractivity contribution in [3.63, 3.8) is 0 Å². The largest absolute Gasteiger partial charge is 0.416 e. The molecule has 0 radical (unpaired) electrons. The van der Waals surface area contributed by atoms with Crippen LogP contribution in [0.2, 0.25) is 0 Å². The van der Waals surface area contributed by atoms with Crippen LogP contribution in [0.15, 0.2) is 28.8 Å². The van der Waals surface area contributed by atoms with Gasteiger partial charge in [-0.3, -0.25) is 4.79 Å². The number of likely N-dealkylation sites (tertiary alicyclic amines) is 1. The second kappa shape index (κ2) is 5.32. The van der Waals surface area contributed by atoms with Crippen molar-refractivity contribution in [1.29, 1.82) is 0 Å². The molecule has 1 amide bonds. The fraction of sp³-hybridized carbons (Fsp3) is 0.438. The monoisotopic (exact) mass is 337 g/mol. The minimum atomic E-state index is -4.42. The summed E-state index contributed by atoms with van der Waals surface area (Å²) in [6.45, 7) is 1.05. The molecule has 0 unspecified atom stereocenters. The molecule has 2 fully saturated rings. The fourth-order valence-electron chi connectivity index (χ4n) is 2.76. The highest BCUT2D eigenvalue weighted by molar-refractivity contribution is 5.82. The lowest BCUT2D eigenvalue weighted by Crippen LogP contribution is -2.49. The molecule has 8 heteroatoms. The fourth-order valence-corrected chi connectivity index (χ4v) is 2.76. The summed E-state index contributed by atoms with van der Waals surface area (Å²) in [5.41, 5.74) is -0.499.